The first-order chi connectivity index (χ1) is 15.4. The molecule has 0 spiro atoms. The van der Waals surface area contributed by atoms with Crippen molar-refractivity contribution in [1.29, 1.82) is 5.26 Å². The fourth-order valence-corrected chi connectivity index (χ4v) is 3.21. The summed E-state index contributed by atoms with van der Waals surface area (Å²) in [5, 5.41) is 12.4. The average Bonchev–Trinajstić information content (AvgIpc) is 2.79. The minimum atomic E-state index is -0.481. The number of hydrogen-bond acceptors (Lipinski definition) is 4. The highest BCUT2D eigenvalue weighted by atomic mass is 79.9. The number of carbonyl (C=O) groups is 1. The van der Waals surface area contributed by atoms with Gasteiger partial charge >= 0.3 is 0 Å². The predicted octanol–water partition coefficient (Wildman–Crippen LogP) is 6.20. The van der Waals surface area contributed by atoms with E-state index < -0.39 is 5.91 Å². The van der Waals surface area contributed by atoms with Gasteiger partial charge in [0.15, 0.2) is 0 Å². The van der Waals surface area contributed by atoms with E-state index in [0.29, 0.717) is 29.4 Å². The van der Waals surface area contributed by atoms with Crippen LogP contribution >= 0.6 is 15.9 Å². The van der Waals surface area contributed by atoms with Gasteiger partial charge in [0.05, 0.1) is 7.11 Å². The molecule has 0 unspecified atom stereocenters. The van der Waals surface area contributed by atoms with E-state index in [1.165, 1.54) is 6.08 Å². The van der Waals surface area contributed by atoms with Crippen LogP contribution in [-0.2, 0) is 11.4 Å². The monoisotopic (exact) mass is 490 g/mol. The molecule has 0 aliphatic rings. The van der Waals surface area contributed by atoms with Crippen LogP contribution in [0.4, 0.5) is 5.69 Å². The molecule has 6 heteroatoms. The minimum Gasteiger partial charge on any atom is -0.497 e. The molecule has 1 N–H and O–H groups in total. The molecule has 0 heterocycles. The molecule has 0 aromatic heterocycles. The van der Waals surface area contributed by atoms with Crippen LogP contribution in [0.2, 0.25) is 0 Å². The van der Waals surface area contributed by atoms with Gasteiger partial charge in [-0.3, -0.25) is 4.79 Å². The molecule has 0 saturated heterocycles. The first-order valence-corrected chi connectivity index (χ1v) is 10.7. The number of hydrogen-bond donors (Lipinski definition) is 1. The zero-order valence-corrected chi connectivity index (χ0v) is 19.7. The van der Waals surface area contributed by atoms with Gasteiger partial charge in [-0.1, -0.05) is 34.1 Å². The molecule has 3 rings (SSSR count). The van der Waals surface area contributed by atoms with E-state index in [4.69, 9.17) is 9.47 Å². The molecule has 0 aliphatic carbocycles. The van der Waals surface area contributed by atoms with Crippen LogP contribution < -0.4 is 14.8 Å². The minimum absolute atomic E-state index is 0.0260. The van der Waals surface area contributed by atoms with Crippen molar-refractivity contribution in [3.63, 3.8) is 0 Å². The van der Waals surface area contributed by atoms with E-state index in [-0.39, 0.29) is 5.57 Å². The van der Waals surface area contributed by atoms with Gasteiger partial charge in [0.2, 0.25) is 0 Å². The van der Waals surface area contributed by atoms with Crippen molar-refractivity contribution in [2.45, 2.75) is 20.5 Å². The third-order valence-electron chi connectivity index (χ3n) is 4.96. The highest BCUT2D eigenvalue weighted by molar-refractivity contribution is 9.10. The van der Waals surface area contributed by atoms with Gasteiger partial charge in [-0.15, -0.1) is 0 Å². The zero-order chi connectivity index (χ0) is 23.1. The summed E-state index contributed by atoms with van der Waals surface area (Å²) in [6.45, 7) is 4.30. The van der Waals surface area contributed by atoms with Gasteiger partial charge in [0.25, 0.3) is 5.91 Å². The lowest BCUT2D eigenvalue weighted by atomic mass is 10.1. The molecule has 0 radical (unpaired) electrons. The van der Waals surface area contributed by atoms with E-state index in [1.807, 2.05) is 62.4 Å². The quantitative estimate of drug-likeness (QED) is 0.316. The number of anilines is 1. The zero-order valence-electron chi connectivity index (χ0n) is 18.1. The topological polar surface area (TPSA) is 71.3 Å². The standard InChI is InChI=1S/C26H23BrN2O3/c1-17-4-10-23(12-18(17)2)29-26(30)21(15-28)13-20-7-11-24(31-3)14-25(20)32-16-19-5-8-22(27)9-6-19/h4-14H,16H2,1-3H3,(H,29,30)/b21-13+. The largest absolute Gasteiger partial charge is 0.497 e. The Labute approximate surface area is 196 Å². The number of nitrogens with zero attached hydrogens (tertiary/aromatic N) is 1. The molecule has 3 aromatic rings. The number of ether oxygens (including phenoxy) is 2. The van der Waals surface area contributed by atoms with E-state index in [0.717, 1.165) is 21.2 Å². The predicted molar refractivity (Wildman–Crippen MR) is 130 cm³/mol. The first kappa shape index (κ1) is 23.1. The van der Waals surface area contributed by atoms with Gasteiger partial charge in [-0.25, -0.2) is 0 Å². The van der Waals surface area contributed by atoms with Crippen molar-refractivity contribution in [2.75, 3.05) is 12.4 Å². The van der Waals surface area contributed by atoms with Crippen LogP contribution in [-0.4, -0.2) is 13.0 Å². The van der Waals surface area contributed by atoms with Gasteiger partial charge < -0.3 is 14.8 Å². The second-order valence-corrected chi connectivity index (χ2v) is 8.16. The number of rotatable bonds is 7. The van der Waals surface area contributed by atoms with Crippen molar-refractivity contribution in [3.05, 3.63) is 93.0 Å². The summed E-state index contributed by atoms with van der Waals surface area (Å²) in [5.41, 5.74) is 4.39. The summed E-state index contributed by atoms with van der Waals surface area (Å²) in [5.74, 6) is 0.649. The third kappa shape index (κ3) is 5.99. The Morgan fingerprint density at radius 1 is 1.06 bits per heavy atom. The number of nitrogens with one attached hydrogen (secondary N) is 1. The van der Waals surface area contributed by atoms with Gasteiger partial charge in [0.1, 0.15) is 29.7 Å². The molecule has 0 bridgehead atoms. The molecule has 0 fully saturated rings. The summed E-state index contributed by atoms with van der Waals surface area (Å²) in [6, 6.07) is 20.7. The molecular weight excluding hydrogens is 468 g/mol. The van der Waals surface area contributed by atoms with E-state index >= 15 is 0 Å². The molecule has 1 amide bonds. The molecule has 32 heavy (non-hydrogen) atoms. The Morgan fingerprint density at radius 3 is 2.47 bits per heavy atom. The Balaban J connectivity index is 1.85. The molecular formula is C26H23BrN2O3. The van der Waals surface area contributed by atoms with E-state index in [9.17, 15) is 10.1 Å². The Hall–Kier alpha value is -3.56. The summed E-state index contributed by atoms with van der Waals surface area (Å²) < 4.78 is 12.3. The SMILES string of the molecule is COc1ccc(/C=C(\C#N)C(=O)Nc2ccc(C)c(C)c2)c(OCc2ccc(Br)cc2)c1. The fraction of sp³-hybridized carbons (Fsp3) is 0.154. The van der Waals surface area contributed by atoms with Crippen molar-refractivity contribution >= 4 is 33.6 Å². The lowest BCUT2D eigenvalue weighted by Crippen LogP contribution is -2.13. The van der Waals surface area contributed by atoms with Crippen LogP contribution in [0.25, 0.3) is 6.08 Å². The van der Waals surface area contributed by atoms with Crippen molar-refractivity contribution < 1.29 is 14.3 Å². The maximum atomic E-state index is 12.7. The Morgan fingerprint density at radius 2 is 1.81 bits per heavy atom. The van der Waals surface area contributed by atoms with Gasteiger partial charge in [0, 0.05) is 21.8 Å². The van der Waals surface area contributed by atoms with Crippen LogP contribution in [0.15, 0.2) is 70.7 Å². The fourth-order valence-electron chi connectivity index (χ4n) is 2.95. The molecule has 0 atom stereocenters. The van der Waals surface area contributed by atoms with Gasteiger partial charge in [-0.2, -0.15) is 5.26 Å². The number of methoxy groups -OCH3 is 1. The number of amides is 1. The lowest BCUT2D eigenvalue weighted by molar-refractivity contribution is -0.112. The second kappa shape index (κ2) is 10.7. The molecule has 5 nitrogen and oxygen atoms in total. The van der Waals surface area contributed by atoms with Crippen molar-refractivity contribution in [2.24, 2.45) is 0 Å². The lowest BCUT2D eigenvalue weighted by Gasteiger charge is -2.12. The number of carbonyl (C=O) groups excluding carboxylic acids is 1. The third-order valence-corrected chi connectivity index (χ3v) is 5.49. The summed E-state index contributed by atoms with van der Waals surface area (Å²) in [4.78, 5) is 12.7. The van der Waals surface area contributed by atoms with Crippen LogP contribution in [0.3, 0.4) is 0 Å². The number of benzene rings is 3. The molecule has 0 saturated carbocycles. The van der Waals surface area contributed by atoms with Crippen molar-refractivity contribution in [3.8, 4) is 17.6 Å². The molecule has 3 aromatic carbocycles. The highest BCUT2D eigenvalue weighted by Gasteiger charge is 2.13. The first-order valence-electron chi connectivity index (χ1n) is 9.95. The van der Waals surface area contributed by atoms with Gasteiger partial charge in [-0.05, 0) is 73.0 Å². The summed E-state index contributed by atoms with van der Waals surface area (Å²) in [7, 11) is 1.57. The van der Waals surface area contributed by atoms with Crippen LogP contribution in [0, 0.1) is 25.2 Å². The second-order valence-electron chi connectivity index (χ2n) is 7.24. The van der Waals surface area contributed by atoms with E-state index in [1.54, 1.807) is 25.3 Å². The highest BCUT2D eigenvalue weighted by Crippen LogP contribution is 2.28. The maximum Gasteiger partial charge on any atom is 0.266 e. The Kier molecular flexibility index (Phi) is 7.69. The van der Waals surface area contributed by atoms with Crippen molar-refractivity contribution in [1.82, 2.24) is 0 Å². The number of aryl methyl sites for hydroxylation is 2. The Bertz CT molecular complexity index is 1190. The summed E-state index contributed by atoms with van der Waals surface area (Å²) in [6.07, 6.45) is 1.52. The molecule has 162 valence electrons. The van der Waals surface area contributed by atoms with E-state index in [2.05, 4.69) is 21.2 Å². The normalized spacial score (nSPS) is 10.9. The maximum absolute atomic E-state index is 12.7. The smallest absolute Gasteiger partial charge is 0.266 e. The number of halogens is 1. The average molecular weight is 491 g/mol. The number of nitriles is 1. The van der Waals surface area contributed by atoms with Crippen LogP contribution in [0.5, 0.6) is 11.5 Å². The summed E-state index contributed by atoms with van der Waals surface area (Å²) >= 11 is 3.42. The molecule has 0 aliphatic heterocycles. The van der Waals surface area contributed by atoms with Crippen LogP contribution in [0.1, 0.15) is 22.3 Å².